The van der Waals surface area contributed by atoms with Crippen LogP contribution in [-0.4, -0.2) is 60.1 Å². The number of amides is 2. The minimum atomic E-state index is -1.09. The van der Waals surface area contributed by atoms with E-state index < -0.39 is 17.9 Å². The van der Waals surface area contributed by atoms with E-state index in [0.29, 0.717) is 39.3 Å². The highest BCUT2D eigenvalue weighted by Crippen LogP contribution is 2.35. The molecule has 2 amide bonds. The van der Waals surface area contributed by atoms with Gasteiger partial charge in [0.2, 0.25) is 11.8 Å². The van der Waals surface area contributed by atoms with E-state index in [0.717, 1.165) is 32.1 Å². The second kappa shape index (κ2) is 13.4. The largest absolute Gasteiger partial charge is 0.497 e. The zero-order valence-electron chi connectivity index (χ0n) is 24.5. The van der Waals surface area contributed by atoms with Crippen LogP contribution in [0.2, 0.25) is 0 Å². The lowest BCUT2D eigenvalue weighted by molar-refractivity contribution is -0.127. The summed E-state index contributed by atoms with van der Waals surface area (Å²) >= 11 is 0. The van der Waals surface area contributed by atoms with E-state index in [2.05, 4.69) is 15.6 Å². The van der Waals surface area contributed by atoms with Crippen molar-refractivity contribution in [3.05, 3.63) is 77.9 Å². The summed E-state index contributed by atoms with van der Waals surface area (Å²) in [5, 5.41) is 11.6. The summed E-state index contributed by atoms with van der Waals surface area (Å²) in [7, 11) is 4.34. The Labute approximate surface area is 249 Å². The van der Waals surface area contributed by atoms with Gasteiger partial charge in [0.1, 0.15) is 29.6 Å². The number of carbonyl (C=O) groups is 3. The lowest BCUT2D eigenvalue weighted by atomic mass is 9.94. The molecule has 4 aromatic rings. The summed E-state index contributed by atoms with van der Waals surface area (Å²) in [6.07, 6.45) is 4.92. The third kappa shape index (κ3) is 6.61. The topological polar surface area (TPSA) is 125 Å². The number of fused-ring (bicyclic) bond motifs is 1. The molecule has 1 saturated carbocycles. The van der Waals surface area contributed by atoms with Crippen LogP contribution in [0.25, 0.3) is 11.0 Å². The summed E-state index contributed by atoms with van der Waals surface area (Å²) < 4.78 is 17.4. The highest BCUT2D eigenvalue weighted by molar-refractivity contribution is 6.02. The predicted molar refractivity (Wildman–Crippen MR) is 160 cm³/mol. The standard InChI is InChI=1S/C32H35N5O6/c1-41-25-17-24(18-26(19-25)42-2)37(29(38)20-36-28-12-8-7-11-27(28)34-35-36)30(31(39)33-23-9-5-4-6-10-23)21-13-15-22(16-14-21)32(40)43-3/h7-8,11-19,23,30H,4-6,9-10,20H2,1-3H3,(H,33,39)/t30-/m1/s1. The van der Waals surface area contributed by atoms with Crippen molar-refractivity contribution >= 4 is 34.5 Å². The van der Waals surface area contributed by atoms with E-state index in [1.807, 2.05) is 24.3 Å². The van der Waals surface area contributed by atoms with E-state index in [1.165, 1.54) is 30.9 Å². The molecule has 0 radical (unpaired) electrons. The summed E-state index contributed by atoms with van der Waals surface area (Å²) in [6.45, 7) is -0.187. The van der Waals surface area contributed by atoms with Crippen molar-refractivity contribution in [2.45, 2.75) is 50.7 Å². The van der Waals surface area contributed by atoms with E-state index >= 15 is 0 Å². The van der Waals surface area contributed by atoms with E-state index in [4.69, 9.17) is 14.2 Å². The normalized spacial score (nSPS) is 14.1. The van der Waals surface area contributed by atoms with Gasteiger partial charge in [-0.05, 0) is 42.7 Å². The first-order chi connectivity index (χ1) is 20.9. The van der Waals surface area contributed by atoms with Crippen molar-refractivity contribution in [2.24, 2.45) is 0 Å². The smallest absolute Gasteiger partial charge is 0.337 e. The monoisotopic (exact) mass is 585 g/mol. The molecule has 1 N–H and O–H groups in total. The van der Waals surface area contributed by atoms with Crippen LogP contribution >= 0.6 is 0 Å². The Morgan fingerprint density at radius 1 is 0.930 bits per heavy atom. The van der Waals surface area contributed by atoms with Crippen LogP contribution < -0.4 is 19.7 Å². The Bertz CT molecular complexity index is 1570. The minimum absolute atomic E-state index is 0.00542. The van der Waals surface area contributed by atoms with Crippen LogP contribution in [0.1, 0.15) is 54.1 Å². The molecule has 1 aromatic heterocycles. The number of carbonyl (C=O) groups excluding carboxylic acids is 3. The maximum Gasteiger partial charge on any atom is 0.337 e. The number of anilines is 1. The SMILES string of the molecule is COC(=O)c1ccc([C@H](C(=O)NC2CCCCC2)N(C(=O)Cn2nnc3ccccc32)c2cc(OC)cc(OC)c2)cc1. The maximum atomic E-state index is 14.4. The van der Waals surface area contributed by atoms with Crippen LogP contribution in [0.3, 0.4) is 0 Å². The van der Waals surface area contributed by atoms with Gasteiger partial charge in [-0.1, -0.05) is 48.7 Å². The van der Waals surface area contributed by atoms with Gasteiger partial charge in [0.15, 0.2) is 0 Å². The van der Waals surface area contributed by atoms with Gasteiger partial charge in [0, 0.05) is 24.2 Å². The molecule has 1 fully saturated rings. The third-order valence-electron chi connectivity index (χ3n) is 7.69. The molecular formula is C32H35N5O6. The fourth-order valence-corrected chi connectivity index (χ4v) is 5.47. The number of hydrogen-bond donors (Lipinski definition) is 1. The summed E-state index contributed by atoms with van der Waals surface area (Å²) in [6, 6.07) is 17.8. The molecule has 43 heavy (non-hydrogen) atoms. The molecule has 0 aliphatic heterocycles. The molecule has 1 aliphatic carbocycles. The molecule has 0 bridgehead atoms. The molecule has 1 heterocycles. The lowest BCUT2D eigenvalue weighted by Gasteiger charge is -2.34. The number of hydrogen-bond acceptors (Lipinski definition) is 8. The number of nitrogens with zero attached hydrogens (tertiary/aromatic N) is 4. The second-order valence-electron chi connectivity index (χ2n) is 10.4. The fourth-order valence-electron chi connectivity index (χ4n) is 5.47. The van der Waals surface area contributed by atoms with Gasteiger partial charge < -0.3 is 19.5 Å². The molecule has 11 heteroatoms. The van der Waals surface area contributed by atoms with E-state index in [-0.39, 0.29) is 18.5 Å². The first kappa shape index (κ1) is 29.6. The molecule has 0 saturated heterocycles. The Morgan fingerprint density at radius 2 is 1.60 bits per heavy atom. The minimum Gasteiger partial charge on any atom is -0.497 e. The zero-order chi connectivity index (χ0) is 30.3. The first-order valence-electron chi connectivity index (χ1n) is 14.2. The first-order valence-corrected chi connectivity index (χ1v) is 14.2. The number of nitrogens with one attached hydrogen (secondary N) is 1. The van der Waals surface area contributed by atoms with Crippen LogP contribution in [0.15, 0.2) is 66.7 Å². The van der Waals surface area contributed by atoms with Gasteiger partial charge >= 0.3 is 5.97 Å². The van der Waals surface area contributed by atoms with Crippen molar-refractivity contribution < 1.29 is 28.6 Å². The average Bonchev–Trinajstić information content (AvgIpc) is 3.45. The van der Waals surface area contributed by atoms with Gasteiger partial charge in [0.05, 0.1) is 38.1 Å². The third-order valence-corrected chi connectivity index (χ3v) is 7.69. The number of rotatable bonds is 10. The molecule has 1 aliphatic rings. The van der Waals surface area contributed by atoms with Crippen molar-refractivity contribution in [1.29, 1.82) is 0 Å². The van der Waals surface area contributed by atoms with Crippen molar-refractivity contribution in [3.63, 3.8) is 0 Å². The van der Waals surface area contributed by atoms with Gasteiger partial charge in [-0.25, -0.2) is 9.48 Å². The summed E-state index contributed by atoms with van der Waals surface area (Å²) in [4.78, 5) is 42.2. The van der Waals surface area contributed by atoms with Crippen LogP contribution in [0, 0.1) is 0 Å². The van der Waals surface area contributed by atoms with E-state index in [1.54, 1.807) is 42.5 Å². The van der Waals surface area contributed by atoms with E-state index in [9.17, 15) is 14.4 Å². The number of benzene rings is 3. The maximum absolute atomic E-state index is 14.4. The van der Waals surface area contributed by atoms with Crippen LogP contribution in [-0.2, 0) is 20.9 Å². The predicted octanol–water partition coefficient (Wildman–Crippen LogP) is 4.46. The Kier molecular flexibility index (Phi) is 9.19. The molecule has 0 unspecified atom stereocenters. The van der Waals surface area contributed by atoms with Gasteiger partial charge in [-0.2, -0.15) is 0 Å². The highest BCUT2D eigenvalue weighted by atomic mass is 16.5. The quantitative estimate of drug-likeness (QED) is 0.271. The highest BCUT2D eigenvalue weighted by Gasteiger charge is 2.35. The Balaban J connectivity index is 1.62. The Hall–Kier alpha value is -4.93. The fraction of sp³-hybridized carbons (Fsp3) is 0.344. The van der Waals surface area contributed by atoms with Gasteiger partial charge in [-0.15, -0.1) is 5.10 Å². The number of ether oxygens (including phenoxy) is 3. The summed E-state index contributed by atoms with van der Waals surface area (Å²) in [5.74, 6) is -0.349. The summed E-state index contributed by atoms with van der Waals surface area (Å²) in [5.41, 5.74) is 2.57. The van der Waals surface area contributed by atoms with Gasteiger partial charge in [0.25, 0.3) is 0 Å². The number of aromatic nitrogens is 3. The second-order valence-corrected chi connectivity index (χ2v) is 10.4. The number of para-hydroxylation sites is 1. The number of methoxy groups -OCH3 is 3. The molecular weight excluding hydrogens is 550 g/mol. The van der Waals surface area contributed by atoms with Crippen LogP contribution in [0.5, 0.6) is 11.5 Å². The molecule has 1 atom stereocenters. The number of esters is 1. The van der Waals surface area contributed by atoms with Crippen molar-refractivity contribution in [2.75, 3.05) is 26.2 Å². The average molecular weight is 586 g/mol. The molecule has 224 valence electrons. The van der Waals surface area contributed by atoms with Crippen molar-refractivity contribution in [3.8, 4) is 11.5 Å². The van der Waals surface area contributed by atoms with Crippen LogP contribution in [0.4, 0.5) is 5.69 Å². The van der Waals surface area contributed by atoms with Gasteiger partial charge in [-0.3, -0.25) is 14.5 Å². The molecule has 5 rings (SSSR count). The molecule has 3 aromatic carbocycles. The molecule has 11 nitrogen and oxygen atoms in total. The Morgan fingerprint density at radius 3 is 2.26 bits per heavy atom. The van der Waals surface area contributed by atoms with Crippen molar-refractivity contribution in [1.82, 2.24) is 20.3 Å². The molecule has 0 spiro atoms. The lowest BCUT2D eigenvalue weighted by Crippen LogP contribution is -2.48. The zero-order valence-corrected chi connectivity index (χ0v) is 24.5.